The van der Waals surface area contributed by atoms with Gasteiger partial charge in [-0.2, -0.15) is 0 Å². The largest absolute Gasteiger partial charge is 0.394 e. The van der Waals surface area contributed by atoms with Gasteiger partial charge in [-0.15, -0.1) is 0 Å². The van der Waals surface area contributed by atoms with Crippen molar-refractivity contribution in [3.63, 3.8) is 0 Å². The van der Waals surface area contributed by atoms with Gasteiger partial charge in [-0.3, -0.25) is 4.79 Å². The molecule has 8 nitrogen and oxygen atoms in total. The zero-order chi connectivity index (χ0) is 18.8. The Balaban J connectivity index is 1.71. The number of benzene rings is 1. The molecule has 5 N–H and O–H groups in total. The number of aromatic nitrogens is 1. The summed E-state index contributed by atoms with van der Waals surface area (Å²) < 4.78 is 6.22. The van der Waals surface area contributed by atoms with Gasteiger partial charge in [-0.1, -0.05) is 27.3 Å². The highest BCUT2D eigenvalue weighted by molar-refractivity contribution is 9.10. The number of nitrogens with one attached hydrogen (secondary N) is 1. The number of carbonyl (C=O) groups is 1. The molecule has 1 aliphatic rings. The lowest BCUT2D eigenvalue weighted by Crippen LogP contribution is -2.60. The summed E-state index contributed by atoms with van der Waals surface area (Å²) in [7, 11) is 0. The second kappa shape index (κ2) is 8.09. The molecule has 1 aliphatic heterocycles. The highest BCUT2D eigenvalue weighted by Crippen LogP contribution is 2.26. The van der Waals surface area contributed by atoms with E-state index < -0.39 is 37.3 Å². The molecule has 2 aromatic rings. The van der Waals surface area contributed by atoms with E-state index >= 15 is 0 Å². The number of aliphatic hydroxyl groups excluding tert-OH is 4. The monoisotopic (exact) mass is 444 g/mol. The molecule has 140 valence electrons. The van der Waals surface area contributed by atoms with Crippen LogP contribution in [0.2, 0.25) is 0 Å². The third-order valence-electron chi connectivity index (χ3n) is 3.99. The molecule has 26 heavy (non-hydrogen) atoms. The Bertz CT molecular complexity index is 768. The molecule has 0 unspecified atom stereocenters. The van der Waals surface area contributed by atoms with Crippen LogP contribution in [-0.2, 0) is 4.74 Å². The average molecular weight is 445 g/mol. The number of carbonyl (C=O) groups excluding carboxylic acids is 1. The van der Waals surface area contributed by atoms with Gasteiger partial charge < -0.3 is 30.5 Å². The van der Waals surface area contributed by atoms with E-state index in [-0.39, 0.29) is 5.78 Å². The summed E-state index contributed by atoms with van der Waals surface area (Å²) in [6.07, 6.45) is -5.05. The Kier molecular flexibility index (Phi) is 6.03. The predicted octanol–water partition coefficient (Wildman–Crippen LogP) is 0.348. The van der Waals surface area contributed by atoms with Crippen molar-refractivity contribution in [1.29, 1.82) is 0 Å². The van der Waals surface area contributed by atoms with Crippen LogP contribution in [0.3, 0.4) is 0 Å². The average Bonchev–Trinajstić information content (AvgIpc) is 3.11. The molecule has 0 aliphatic carbocycles. The quantitative estimate of drug-likeness (QED) is 0.417. The molecule has 0 radical (unpaired) electrons. The molecule has 1 saturated heterocycles. The van der Waals surface area contributed by atoms with Crippen molar-refractivity contribution in [2.45, 2.75) is 30.6 Å². The Morgan fingerprint density at radius 1 is 1.19 bits per heavy atom. The third-order valence-corrected chi connectivity index (χ3v) is 5.45. The second-order valence-corrected chi connectivity index (χ2v) is 7.71. The van der Waals surface area contributed by atoms with E-state index in [0.717, 1.165) is 15.8 Å². The predicted molar refractivity (Wildman–Crippen MR) is 97.1 cm³/mol. The van der Waals surface area contributed by atoms with Crippen LogP contribution in [0.5, 0.6) is 0 Å². The lowest BCUT2D eigenvalue weighted by molar-refractivity contribution is -0.221. The van der Waals surface area contributed by atoms with Crippen LogP contribution in [0.1, 0.15) is 15.2 Å². The normalized spacial score (nSPS) is 28.7. The molecule has 10 heteroatoms. The summed E-state index contributed by atoms with van der Waals surface area (Å²) in [6, 6.07) is 6.91. The number of rotatable bonds is 5. The zero-order valence-electron chi connectivity index (χ0n) is 13.3. The molecule has 1 fully saturated rings. The summed E-state index contributed by atoms with van der Waals surface area (Å²) in [5, 5.41) is 41.9. The van der Waals surface area contributed by atoms with E-state index in [0.29, 0.717) is 15.6 Å². The van der Waals surface area contributed by atoms with Crippen LogP contribution < -0.4 is 5.32 Å². The minimum atomic E-state index is -1.48. The molecule has 1 aromatic heterocycles. The summed E-state index contributed by atoms with van der Waals surface area (Å²) in [5.41, 5.74) is 0.510. The highest BCUT2D eigenvalue weighted by Gasteiger charge is 2.43. The Morgan fingerprint density at radius 3 is 2.54 bits per heavy atom. The van der Waals surface area contributed by atoms with Crippen molar-refractivity contribution < 1.29 is 30.0 Å². The molecule has 0 spiro atoms. The van der Waals surface area contributed by atoms with Crippen molar-refractivity contribution >= 4 is 38.2 Å². The van der Waals surface area contributed by atoms with Crippen molar-refractivity contribution in [2.24, 2.45) is 0 Å². The highest BCUT2D eigenvalue weighted by atomic mass is 79.9. The SMILES string of the molecule is O=C(c1ccc(Br)cc1)c1cnc(N[C@@H]2O[C@H](CO)[C@@H](O)[C@H](O)[C@@H]2O)s1. The Hall–Kier alpha value is -1.40. The van der Waals surface area contributed by atoms with Crippen molar-refractivity contribution in [3.8, 4) is 0 Å². The smallest absolute Gasteiger partial charge is 0.204 e. The van der Waals surface area contributed by atoms with Gasteiger partial charge in [0.05, 0.1) is 17.7 Å². The van der Waals surface area contributed by atoms with Gasteiger partial charge in [-0.05, 0) is 24.3 Å². The molecule has 0 bridgehead atoms. The van der Waals surface area contributed by atoms with Crippen molar-refractivity contribution in [1.82, 2.24) is 4.98 Å². The number of hydrogen-bond donors (Lipinski definition) is 5. The van der Waals surface area contributed by atoms with E-state index in [1.54, 1.807) is 24.3 Å². The fraction of sp³-hybridized carbons (Fsp3) is 0.375. The molecular weight excluding hydrogens is 428 g/mol. The van der Waals surface area contributed by atoms with Crippen LogP contribution in [-0.4, -0.2) is 68.4 Å². The number of thiazole rings is 1. The maximum atomic E-state index is 12.5. The first kappa shape index (κ1) is 19.4. The number of ketones is 1. The lowest BCUT2D eigenvalue weighted by atomic mass is 9.98. The van der Waals surface area contributed by atoms with Crippen LogP contribution in [0.15, 0.2) is 34.9 Å². The molecule has 5 atom stereocenters. The first-order valence-corrected chi connectivity index (χ1v) is 9.35. The maximum Gasteiger partial charge on any atom is 0.204 e. The minimum Gasteiger partial charge on any atom is -0.394 e. The molecule has 0 saturated carbocycles. The van der Waals surface area contributed by atoms with E-state index in [2.05, 4.69) is 26.2 Å². The molecule has 2 heterocycles. The van der Waals surface area contributed by atoms with E-state index in [9.17, 15) is 25.2 Å². The maximum absolute atomic E-state index is 12.5. The van der Waals surface area contributed by atoms with Gasteiger partial charge in [0.1, 0.15) is 24.4 Å². The van der Waals surface area contributed by atoms with Crippen LogP contribution >= 0.6 is 27.3 Å². The van der Waals surface area contributed by atoms with Crippen LogP contribution in [0.25, 0.3) is 0 Å². The summed E-state index contributed by atoms with van der Waals surface area (Å²) in [5.74, 6) is -0.197. The van der Waals surface area contributed by atoms with E-state index in [4.69, 9.17) is 4.74 Å². The first-order valence-electron chi connectivity index (χ1n) is 7.74. The van der Waals surface area contributed by atoms with Crippen molar-refractivity contribution in [2.75, 3.05) is 11.9 Å². The van der Waals surface area contributed by atoms with Gasteiger partial charge in [-0.25, -0.2) is 4.98 Å². The minimum absolute atomic E-state index is 0.197. The topological polar surface area (TPSA) is 132 Å². The van der Waals surface area contributed by atoms with Crippen molar-refractivity contribution in [3.05, 3.63) is 45.4 Å². The van der Waals surface area contributed by atoms with Gasteiger partial charge in [0, 0.05) is 10.0 Å². The third kappa shape index (κ3) is 3.96. The first-order chi connectivity index (χ1) is 12.4. The molecule has 3 rings (SSSR count). The molecular formula is C16H17BrN2O6S. The zero-order valence-corrected chi connectivity index (χ0v) is 15.7. The Labute approximate surface area is 161 Å². The molecule has 1 aromatic carbocycles. The summed E-state index contributed by atoms with van der Waals surface area (Å²) in [4.78, 5) is 16.9. The number of nitrogens with zero attached hydrogens (tertiary/aromatic N) is 1. The van der Waals surface area contributed by atoms with Crippen LogP contribution in [0.4, 0.5) is 5.13 Å². The van der Waals surface area contributed by atoms with Gasteiger partial charge >= 0.3 is 0 Å². The number of ether oxygens (including phenoxy) is 1. The fourth-order valence-corrected chi connectivity index (χ4v) is 3.60. The fourth-order valence-electron chi connectivity index (χ4n) is 2.53. The standard InChI is InChI=1S/C16H17BrN2O6S/c17-8-3-1-7(2-4-8)11(21)10-5-18-16(26-10)19-15-14(24)13(23)12(22)9(6-20)25-15/h1-5,9,12-15,20,22-24H,6H2,(H,18,19)/t9-,12-,13+,14+,15-/m1/s1. The number of aliphatic hydroxyl groups is 4. The van der Waals surface area contributed by atoms with Gasteiger partial charge in [0.25, 0.3) is 0 Å². The number of hydrogen-bond acceptors (Lipinski definition) is 9. The summed E-state index contributed by atoms with van der Waals surface area (Å²) in [6.45, 7) is -0.520. The second-order valence-electron chi connectivity index (χ2n) is 5.76. The lowest BCUT2D eigenvalue weighted by Gasteiger charge is -2.40. The number of halogens is 1. The van der Waals surface area contributed by atoms with E-state index in [1.807, 2.05) is 0 Å². The van der Waals surface area contributed by atoms with Gasteiger partial charge in [0.2, 0.25) is 5.78 Å². The summed E-state index contributed by atoms with van der Waals surface area (Å²) >= 11 is 4.38. The molecule has 0 amide bonds. The Morgan fingerprint density at radius 2 is 1.88 bits per heavy atom. The van der Waals surface area contributed by atoms with E-state index in [1.165, 1.54) is 6.20 Å². The van der Waals surface area contributed by atoms with Crippen LogP contribution in [0, 0.1) is 0 Å². The van der Waals surface area contributed by atoms with Gasteiger partial charge in [0.15, 0.2) is 11.4 Å². The number of anilines is 1.